The van der Waals surface area contributed by atoms with Crippen LogP contribution in [0.15, 0.2) is 36.4 Å². The number of carbonyl (C=O) groups is 2. The van der Waals surface area contributed by atoms with Crippen molar-refractivity contribution in [2.45, 2.75) is 0 Å². The lowest BCUT2D eigenvalue weighted by molar-refractivity contribution is 0.0693. The minimum Gasteiger partial charge on any atom is -0.507 e. The van der Waals surface area contributed by atoms with Crippen LogP contribution in [0.5, 0.6) is 5.75 Å². The quantitative estimate of drug-likeness (QED) is 0.526. The van der Waals surface area contributed by atoms with Crippen LogP contribution in [0.1, 0.15) is 20.7 Å². The van der Waals surface area contributed by atoms with Crippen molar-refractivity contribution >= 4 is 51.8 Å². The van der Waals surface area contributed by atoms with Crippen molar-refractivity contribution in [3.63, 3.8) is 0 Å². The molecule has 0 saturated carbocycles. The Hall–Kier alpha value is -1.80. The van der Waals surface area contributed by atoms with Gasteiger partial charge in [-0.2, -0.15) is 0 Å². The first kappa shape index (κ1) is 15.6. The Labute approximate surface area is 138 Å². The molecule has 0 unspecified atom stereocenters. The summed E-state index contributed by atoms with van der Waals surface area (Å²) >= 11 is 8.00. The minimum atomic E-state index is -1.28. The standard InChI is InChI=1S/C14H9ClINO4/c15-10-5-7(1-3-11(10)16)13(19)17-8-2-4-12(18)9(6-8)14(20)21/h1-6,18H,(H,17,19)(H,20,21). The normalized spacial score (nSPS) is 10.2. The molecule has 0 radical (unpaired) electrons. The first-order chi connectivity index (χ1) is 9.88. The smallest absolute Gasteiger partial charge is 0.339 e. The number of nitrogens with one attached hydrogen (secondary N) is 1. The summed E-state index contributed by atoms with van der Waals surface area (Å²) in [7, 11) is 0. The van der Waals surface area contributed by atoms with Gasteiger partial charge in [-0.25, -0.2) is 4.79 Å². The van der Waals surface area contributed by atoms with Crippen LogP contribution < -0.4 is 5.32 Å². The third-order valence-corrected chi connectivity index (χ3v) is 4.24. The topological polar surface area (TPSA) is 86.6 Å². The second-order valence-electron chi connectivity index (χ2n) is 4.12. The molecule has 108 valence electrons. The fourth-order valence-electron chi connectivity index (χ4n) is 1.63. The van der Waals surface area contributed by atoms with E-state index in [1.807, 2.05) is 22.6 Å². The van der Waals surface area contributed by atoms with E-state index in [-0.39, 0.29) is 17.0 Å². The number of halogens is 2. The Balaban J connectivity index is 2.25. The van der Waals surface area contributed by atoms with Crippen molar-refractivity contribution < 1.29 is 19.8 Å². The predicted octanol–water partition coefficient (Wildman–Crippen LogP) is 3.60. The molecule has 3 N–H and O–H groups in total. The van der Waals surface area contributed by atoms with Gasteiger partial charge in [0.15, 0.2) is 0 Å². The Morgan fingerprint density at radius 1 is 1.14 bits per heavy atom. The van der Waals surface area contributed by atoms with Crippen LogP contribution in [0, 0.1) is 3.57 Å². The van der Waals surface area contributed by atoms with Gasteiger partial charge in [0.2, 0.25) is 0 Å². The van der Waals surface area contributed by atoms with Gasteiger partial charge in [-0.15, -0.1) is 0 Å². The summed E-state index contributed by atoms with van der Waals surface area (Å²) in [6, 6.07) is 8.65. The molecule has 0 saturated heterocycles. The summed E-state index contributed by atoms with van der Waals surface area (Å²) in [5, 5.41) is 21.3. The Morgan fingerprint density at radius 3 is 2.48 bits per heavy atom. The highest BCUT2D eigenvalue weighted by molar-refractivity contribution is 14.1. The molecule has 21 heavy (non-hydrogen) atoms. The maximum atomic E-state index is 12.1. The summed E-state index contributed by atoms with van der Waals surface area (Å²) in [6.45, 7) is 0. The Morgan fingerprint density at radius 2 is 1.86 bits per heavy atom. The summed E-state index contributed by atoms with van der Waals surface area (Å²) < 4.78 is 0.823. The van der Waals surface area contributed by atoms with Crippen LogP contribution in [0.2, 0.25) is 5.02 Å². The number of carboxylic acids is 1. The van der Waals surface area contributed by atoms with E-state index in [0.717, 1.165) is 3.57 Å². The number of rotatable bonds is 3. The molecule has 0 fully saturated rings. The first-order valence-corrected chi connectivity index (χ1v) is 7.17. The molecular formula is C14H9ClINO4. The van der Waals surface area contributed by atoms with Gasteiger partial charge in [0.1, 0.15) is 11.3 Å². The monoisotopic (exact) mass is 417 g/mol. The number of hydrogen-bond donors (Lipinski definition) is 3. The van der Waals surface area contributed by atoms with Gasteiger partial charge in [-0.05, 0) is 59.0 Å². The maximum Gasteiger partial charge on any atom is 0.339 e. The van der Waals surface area contributed by atoms with Crippen LogP contribution in [-0.2, 0) is 0 Å². The molecule has 0 aliphatic heterocycles. The van der Waals surface area contributed by atoms with Crippen molar-refractivity contribution in [1.82, 2.24) is 0 Å². The largest absolute Gasteiger partial charge is 0.507 e. The zero-order valence-electron chi connectivity index (χ0n) is 10.4. The second-order valence-corrected chi connectivity index (χ2v) is 5.69. The molecule has 0 aliphatic rings. The molecule has 0 heterocycles. The number of carbonyl (C=O) groups excluding carboxylic acids is 1. The highest BCUT2D eigenvalue weighted by Crippen LogP contribution is 2.23. The van der Waals surface area contributed by atoms with E-state index in [0.29, 0.717) is 10.6 Å². The average Bonchev–Trinajstić information content (AvgIpc) is 2.43. The van der Waals surface area contributed by atoms with Crippen molar-refractivity contribution in [2.75, 3.05) is 5.32 Å². The number of amides is 1. The molecule has 1 amide bonds. The lowest BCUT2D eigenvalue weighted by Gasteiger charge is -2.08. The third kappa shape index (κ3) is 3.64. The highest BCUT2D eigenvalue weighted by Gasteiger charge is 2.13. The van der Waals surface area contributed by atoms with E-state index in [1.165, 1.54) is 24.3 Å². The minimum absolute atomic E-state index is 0.268. The van der Waals surface area contributed by atoms with E-state index in [4.69, 9.17) is 16.7 Å². The molecule has 0 spiro atoms. The number of benzene rings is 2. The van der Waals surface area contributed by atoms with Gasteiger partial charge < -0.3 is 15.5 Å². The first-order valence-electron chi connectivity index (χ1n) is 5.71. The van der Waals surface area contributed by atoms with E-state index >= 15 is 0 Å². The molecule has 0 aliphatic carbocycles. The summed E-state index contributed by atoms with van der Waals surface area (Å²) in [5.74, 6) is -2.06. The molecule has 2 rings (SSSR count). The van der Waals surface area contributed by atoms with Crippen molar-refractivity contribution in [3.8, 4) is 5.75 Å². The number of carboxylic acid groups (broad SMARTS) is 1. The average molecular weight is 418 g/mol. The number of aromatic carboxylic acids is 1. The number of phenols is 1. The molecule has 5 nitrogen and oxygen atoms in total. The maximum absolute atomic E-state index is 12.1. The molecular weight excluding hydrogens is 409 g/mol. The van der Waals surface area contributed by atoms with E-state index < -0.39 is 11.9 Å². The molecule has 7 heteroatoms. The SMILES string of the molecule is O=C(Nc1ccc(O)c(C(=O)O)c1)c1ccc(I)c(Cl)c1. The van der Waals surface area contributed by atoms with Gasteiger partial charge in [0.05, 0.1) is 5.02 Å². The number of anilines is 1. The van der Waals surface area contributed by atoms with Gasteiger partial charge in [-0.3, -0.25) is 4.79 Å². The van der Waals surface area contributed by atoms with Gasteiger partial charge in [-0.1, -0.05) is 11.6 Å². The number of hydrogen-bond acceptors (Lipinski definition) is 3. The van der Waals surface area contributed by atoms with Crippen LogP contribution in [0.25, 0.3) is 0 Å². The lowest BCUT2D eigenvalue weighted by Crippen LogP contribution is -2.12. The fraction of sp³-hybridized carbons (Fsp3) is 0. The van der Waals surface area contributed by atoms with Crippen molar-refractivity contribution in [3.05, 3.63) is 56.1 Å². The lowest BCUT2D eigenvalue weighted by atomic mass is 10.1. The summed E-state index contributed by atoms with van der Waals surface area (Å²) in [4.78, 5) is 23.0. The Kier molecular flexibility index (Phi) is 4.69. The van der Waals surface area contributed by atoms with Crippen LogP contribution in [0.3, 0.4) is 0 Å². The van der Waals surface area contributed by atoms with Crippen LogP contribution in [0.4, 0.5) is 5.69 Å². The van der Waals surface area contributed by atoms with Crippen molar-refractivity contribution in [2.24, 2.45) is 0 Å². The molecule has 2 aromatic rings. The highest BCUT2D eigenvalue weighted by atomic mass is 127. The van der Waals surface area contributed by atoms with E-state index in [2.05, 4.69) is 5.32 Å². The third-order valence-electron chi connectivity index (χ3n) is 2.67. The second kappa shape index (κ2) is 6.31. The van der Waals surface area contributed by atoms with Crippen molar-refractivity contribution in [1.29, 1.82) is 0 Å². The van der Waals surface area contributed by atoms with Gasteiger partial charge >= 0.3 is 5.97 Å². The predicted molar refractivity (Wildman–Crippen MR) is 87.2 cm³/mol. The Bertz CT molecular complexity index is 733. The van der Waals surface area contributed by atoms with E-state index in [1.54, 1.807) is 12.1 Å². The summed E-state index contributed by atoms with van der Waals surface area (Å²) in [6.07, 6.45) is 0. The van der Waals surface area contributed by atoms with Gasteiger partial charge in [0, 0.05) is 14.8 Å². The fourth-order valence-corrected chi connectivity index (χ4v) is 2.14. The number of aromatic hydroxyl groups is 1. The van der Waals surface area contributed by atoms with Crippen LogP contribution >= 0.6 is 34.2 Å². The molecule has 0 atom stereocenters. The van der Waals surface area contributed by atoms with Crippen LogP contribution in [-0.4, -0.2) is 22.1 Å². The molecule has 0 aromatic heterocycles. The van der Waals surface area contributed by atoms with E-state index in [9.17, 15) is 14.7 Å². The molecule has 2 aromatic carbocycles. The summed E-state index contributed by atoms with van der Waals surface area (Å²) in [5.41, 5.74) is 0.337. The zero-order chi connectivity index (χ0) is 15.6. The zero-order valence-corrected chi connectivity index (χ0v) is 13.3. The van der Waals surface area contributed by atoms with Gasteiger partial charge in [0.25, 0.3) is 5.91 Å². The molecule has 0 bridgehead atoms.